The maximum Gasteiger partial charge on any atom is 0.316 e. The lowest BCUT2D eigenvalue weighted by Crippen LogP contribution is -2.24. The molecule has 0 aliphatic heterocycles. The number of ether oxygens (including phenoxy) is 2. The number of Topliss-reactive ketones (excluding diaryl/α,β-unsaturated/α-hetero) is 1. The summed E-state index contributed by atoms with van der Waals surface area (Å²) in [6.45, 7) is 3.39. The molecule has 0 spiro atoms. The number of ketones is 1. The highest BCUT2D eigenvalue weighted by atomic mass is 16.5. The van der Waals surface area contributed by atoms with E-state index in [2.05, 4.69) is 9.97 Å². The molecular formula is C11H14N2O4. The number of carbonyl (C=O) groups is 2. The summed E-state index contributed by atoms with van der Waals surface area (Å²) in [5.41, 5.74) is 0.0862. The van der Waals surface area contributed by atoms with Crippen LogP contribution in [0.15, 0.2) is 12.5 Å². The van der Waals surface area contributed by atoms with Gasteiger partial charge in [-0.25, -0.2) is 9.97 Å². The van der Waals surface area contributed by atoms with Crippen LogP contribution < -0.4 is 4.74 Å². The molecule has 6 nitrogen and oxygen atoms in total. The third kappa shape index (κ3) is 2.99. The van der Waals surface area contributed by atoms with Gasteiger partial charge in [0.2, 0.25) is 0 Å². The molecule has 0 saturated heterocycles. The van der Waals surface area contributed by atoms with Gasteiger partial charge in [-0.15, -0.1) is 0 Å². The Balaban J connectivity index is 2.92. The number of methoxy groups -OCH3 is 1. The van der Waals surface area contributed by atoms with Gasteiger partial charge in [0.1, 0.15) is 12.2 Å². The van der Waals surface area contributed by atoms with Crippen LogP contribution >= 0.6 is 0 Å². The van der Waals surface area contributed by atoms with Gasteiger partial charge < -0.3 is 9.47 Å². The molecular weight excluding hydrogens is 224 g/mol. The molecule has 0 amide bonds. The number of esters is 1. The van der Waals surface area contributed by atoms with Crippen molar-refractivity contribution in [1.29, 1.82) is 0 Å². The van der Waals surface area contributed by atoms with Crippen LogP contribution in [0.1, 0.15) is 24.3 Å². The highest BCUT2D eigenvalue weighted by Crippen LogP contribution is 2.18. The van der Waals surface area contributed by atoms with Crippen molar-refractivity contribution in [3.8, 4) is 5.75 Å². The van der Waals surface area contributed by atoms with E-state index >= 15 is 0 Å². The van der Waals surface area contributed by atoms with Crippen molar-refractivity contribution < 1.29 is 19.1 Å². The highest BCUT2D eigenvalue weighted by Gasteiger charge is 2.27. The van der Waals surface area contributed by atoms with E-state index in [-0.39, 0.29) is 18.1 Å². The zero-order valence-corrected chi connectivity index (χ0v) is 9.97. The summed E-state index contributed by atoms with van der Waals surface area (Å²) in [6.07, 6.45) is 2.60. The first-order chi connectivity index (χ1) is 8.11. The fourth-order valence-electron chi connectivity index (χ4n) is 1.23. The summed E-state index contributed by atoms with van der Waals surface area (Å²) < 4.78 is 9.73. The number of rotatable bonds is 5. The van der Waals surface area contributed by atoms with Gasteiger partial charge in [-0.2, -0.15) is 0 Å². The Labute approximate surface area is 99.0 Å². The molecule has 1 aromatic heterocycles. The van der Waals surface area contributed by atoms with Crippen LogP contribution in [0.5, 0.6) is 5.75 Å². The Morgan fingerprint density at radius 2 is 2.18 bits per heavy atom. The summed E-state index contributed by atoms with van der Waals surface area (Å²) >= 11 is 0. The van der Waals surface area contributed by atoms with E-state index in [1.54, 1.807) is 6.92 Å². The predicted molar refractivity (Wildman–Crippen MR) is 58.7 cm³/mol. The number of nitrogens with zero attached hydrogens (tertiary/aromatic N) is 2. The zero-order valence-electron chi connectivity index (χ0n) is 9.97. The van der Waals surface area contributed by atoms with E-state index in [0.717, 1.165) is 0 Å². The monoisotopic (exact) mass is 238 g/mol. The van der Waals surface area contributed by atoms with Gasteiger partial charge in [-0.05, 0) is 13.8 Å². The summed E-state index contributed by atoms with van der Waals surface area (Å²) in [4.78, 5) is 31.0. The van der Waals surface area contributed by atoms with Crippen LogP contribution in [-0.2, 0) is 9.53 Å². The average molecular weight is 238 g/mol. The first-order valence-corrected chi connectivity index (χ1v) is 5.16. The number of aromatic nitrogens is 2. The minimum absolute atomic E-state index is 0.0862. The molecule has 0 saturated carbocycles. The minimum Gasteiger partial charge on any atom is -0.493 e. The Bertz CT molecular complexity index is 420. The largest absolute Gasteiger partial charge is 0.493 e. The zero-order chi connectivity index (χ0) is 12.8. The fraction of sp³-hybridized carbons (Fsp3) is 0.455. The molecule has 0 aromatic carbocycles. The topological polar surface area (TPSA) is 78.4 Å². The lowest BCUT2D eigenvalue weighted by molar-refractivity contribution is -0.145. The molecule has 1 aromatic rings. The lowest BCUT2D eigenvalue weighted by Gasteiger charge is -2.10. The Morgan fingerprint density at radius 1 is 1.47 bits per heavy atom. The van der Waals surface area contributed by atoms with Crippen LogP contribution in [0.4, 0.5) is 0 Å². The van der Waals surface area contributed by atoms with Gasteiger partial charge in [0, 0.05) is 0 Å². The predicted octanol–water partition coefficient (Wildman–Crippen LogP) is 0.867. The van der Waals surface area contributed by atoms with E-state index in [9.17, 15) is 9.59 Å². The van der Waals surface area contributed by atoms with Crippen molar-refractivity contribution in [2.75, 3.05) is 13.7 Å². The smallest absolute Gasteiger partial charge is 0.316 e. The summed E-state index contributed by atoms with van der Waals surface area (Å²) in [7, 11) is 1.41. The van der Waals surface area contributed by atoms with E-state index in [4.69, 9.17) is 9.47 Å². The Hall–Kier alpha value is -1.98. The maximum absolute atomic E-state index is 12.0. The Kier molecular flexibility index (Phi) is 4.56. The summed E-state index contributed by atoms with van der Waals surface area (Å²) in [5, 5.41) is 0. The van der Waals surface area contributed by atoms with Crippen molar-refractivity contribution in [2.45, 2.75) is 13.8 Å². The second-order valence-electron chi connectivity index (χ2n) is 3.28. The third-order valence-corrected chi connectivity index (χ3v) is 2.17. The third-order valence-electron chi connectivity index (χ3n) is 2.17. The molecule has 1 atom stereocenters. The first kappa shape index (κ1) is 13.1. The molecule has 0 bridgehead atoms. The molecule has 0 N–H and O–H groups in total. The van der Waals surface area contributed by atoms with Crippen LogP contribution in [0, 0.1) is 5.92 Å². The van der Waals surface area contributed by atoms with Gasteiger partial charge in [0.25, 0.3) is 0 Å². The van der Waals surface area contributed by atoms with E-state index in [1.165, 1.54) is 26.6 Å². The van der Waals surface area contributed by atoms with Crippen molar-refractivity contribution in [3.63, 3.8) is 0 Å². The molecule has 92 valence electrons. The van der Waals surface area contributed by atoms with Gasteiger partial charge in [0.15, 0.2) is 17.2 Å². The molecule has 17 heavy (non-hydrogen) atoms. The van der Waals surface area contributed by atoms with Crippen molar-refractivity contribution in [1.82, 2.24) is 9.97 Å². The first-order valence-electron chi connectivity index (χ1n) is 5.16. The van der Waals surface area contributed by atoms with Crippen LogP contribution in [0.3, 0.4) is 0 Å². The van der Waals surface area contributed by atoms with E-state index < -0.39 is 17.7 Å². The van der Waals surface area contributed by atoms with Crippen molar-refractivity contribution in [2.24, 2.45) is 5.92 Å². The Morgan fingerprint density at radius 3 is 2.76 bits per heavy atom. The molecule has 0 aliphatic rings. The minimum atomic E-state index is -0.904. The fourth-order valence-corrected chi connectivity index (χ4v) is 1.23. The maximum atomic E-state index is 12.0. The van der Waals surface area contributed by atoms with E-state index in [1.807, 2.05) is 0 Å². The second-order valence-corrected chi connectivity index (χ2v) is 3.28. The van der Waals surface area contributed by atoms with Gasteiger partial charge in [-0.1, -0.05) is 0 Å². The highest BCUT2D eigenvalue weighted by molar-refractivity contribution is 6.08. The number of hydrogen-bond acceptors (Lipinski definition) is 6. The standard InChI is InChI=1S/C11H14N2O4/c1-4-17-11(15)7(2)10(14)9-8(16-3)5-12-6-13-9/h5-7H,4H2,1-3H3. The van der Waals surface area contributed by atoms with Gasteiger partial charge in [-0.3, -0.25) is 9.59 Å². The van der Waals surface area contributed by atoms with Crippen LogP contribution in [0.25, 0.3) is 0 Å². The summed E-state index contributed by atoms with van der Waals surface area (Å²) in [6, 6.07) is 0. The average Bonchev–Trinajstić information content (AvgIpc) is 2.37. The lowest BCUT2D eigenvalue weighted by atomic mass is 10.0. The molecule has 0 aliphatic carbocycles. The normalized spacial score (nSPS) is 11.7. The molecule has 6 heteroatoms. The van der Waals surface area contributed by atoms with Crippen molar-refractivity contribution in [3.05, 3.63) is 18.2 Å². The molecule has 1 heterocycles. The number of hydrogen-bond donors (Lipinski definition) is 0. The van der Waals surface area contributed by atoms with Crippen LogP contribution in [0.2, 0.25) is 0 Å². The second kappa shape index (κ2) is 5.93. The molecule has 1 unspecified atom stereocenters. The van der Waals surface area contributed by atoms with Crippen molar-refractivity contribution >= 4 is 11.8 Å². The SMILES string of the molecule is CCOC(=O)C(C)C(=O)c1ncncc1OC. The van der Waals surface area contributed by atoms with E-state index in [0.29, 0.717) is 0 Å². The van der Waals surface area contributed by atoms with Crippen LogP contribution in [-0.4, -0.2) is 35.4 Å². The quantitative estimate of drug-likeness (QED) is 0.430. The molecule has 0 radical (unpaired) electrons. The number of carbonyl (C=O) groups excluding carboxylic acids is 2. The van der Waals surface area contributed by atoms with Gasteiger partial charge in [0.05, 0.1) is 19.9 Å². The molecule has 1 rings (SSSR count). The van der Waals surface area contributed by atoms with Gasteiger partial charge >= 0.3 is 5.97 Å². The summed E-state index contributed by atoms with van der Waals surface area (Å²) in [5.74, 6) is -1.67. The molecule has 0 fully saturated rings.